The van der Waals surface area contributed by atoms with Gasteiger partial charge in [0.1, 0.15) is 5.82 Å². The highest BCUT2D eigenvalue weighted by molar-refractivity contribution is 7.99. The molecule has 3 aromatic heterocycles. The van der Waals surface area contributed by atoms with Crippen LogP contribution in [0.5, 0.6) is 0 Å². The number of fused-ring (bicyclic) bond motifs is 1. The third-order valence-electron chi connectivity index (χ3n) is 4.56. The molecule has 1 aliphatic rings. The molecule has 1 N–H and O–H groups in total. The van der Waals surface area contributed by atoms with Crippen LogP contribution in [0.15, 0.2) is 34.1 Å². The summed E-state index contributed by atoms with van der Waals surface area (Å²) in [6.07, 6.45) is 2.67. The van der Waals surface area contributed by atoms with E-state index in [0.29, 0.717) is 10.9 Å². The number of thioether (sulfide) groups is 1. The van der Waals surface area contributed by atoms with Crippen LogP contribution in [0.1, 0.15) is 40.5 Å². The van der Waals surface area contributed by atoms with Crippen LogP contribution in [-0.2, 0) is 17.6 Å². The fraction of sp³-hybridized carbons (Fsp3) is 0.389. The Balaban J connectivity index is 1.36. The van der Waals surface area contributed by atoms with E-state index in [4.69, 9.17) is 0 Å². The van der Waals surface area contributed by atoms with Crippen molar-refractivity contribution in [2.75, 3.05) is 12.3 Å². The van der Waals surface area contributed by atoms with Gasteiger partial charge in [-0.3, -0.25) is 9.89 Å². The van der Waals surface area contributed by atoms with Crippen molar-refractivity contribution in [3.8, 4) is 0 Å². The van der Waals surface area contributed by atoms with Crippen LogP contribution >= 0.6 is 34.4 Å². The van der Waals surface area contributed by atoms with E-state index in [1.807, 2.05) is 11.0 Å². The molecule has 1 amide bonds. The van der Waals surface area contributed by atoms with Crippen molar-refractivity contribution in [1.29, 1.82) is 0 Å². The smallest absolute Gasteiger partial charge is 0.233 e. The first-order valence-corrected chi connectivity index (χ1v) is 11.4. The zero-order valence-corrected chi connectivity index (χ0v) is 16.9. The van der Waals surface area contributed by atoms with Crippen LogP contribution in [0.3, 0.4) is 0 Å². The molecule has 8 heteroatoms. The van der Waals surface area contributed by atoms with E-state index in [9.17, 15) is 4.79 Å². The van der Waals surface area contributed by atoms with Gasteiger partial charge in [-0.2, -0.15) is 0 Å². The maximum atomic E-state index is 12.8. The van der Waals surface area contributed by atoms with E-state index in [1.54, 1.807) is 22.7 Å². The highest BCUT2D eigenvalue weighted by atomic mass is 32.2. The third-order valence-corrected chi connectivity index (χ3v) is 7.26. The maximum Gasteiger partial charge on any atom is 0.233 e. The second kappa shape index (κ2) is 7.94. The predicted molar refractivity (Wildman–Crippen MR) is 107 cm³/mol. The van der Waals surface area contributed by atoms with E-state index in [2.05, 4.69) is 45.0 Å². The van der Waals surface area contributed by atoms with Gasteiger partial charge in [0.2, 0.25) is 11.1 Å². The lowest BCUT2D eigenvalue weighted by Crippen LogP contribution is -2.40. The third kappa shape index (κ3) is 3.72. The highest BCUT2D eigenvalue weighted by Gasteiger charge is 2.30. The highest BCUT2D eigenvalue weighted by Crippen LogP contribution is 2.35. The van der Waals surface area contributed by atoms with Gasteiger partial charge in [0.05, 0.1) is 11.8 Å². The quantitative estimate of drug-likeness (QED) is 0.627. The number of carbonyl (C=O) groups excluding carboxylic acids is 1. The normalized spacial score (nSPS) is 16.7. The number of carbonyl (C=O) groups is 1. The molecule has 0 aromatic carbocycles. The summed E-state index contributed by atoms with van der Waals surface area (Å²) in [6, 6.07) is 6.50. The Morgan fingerprint density at radius 2 is 2.31 bits per heavy atom. The summed E-state index contributed by atoms with van der Waals surface area (Å²) < 4.78 is 0. The van der Waals surface area contributed by atoms with Gasteiger partial charge in [0.25, 0.3) is 0 Å². The van der Waals surface area contributed by atoms with E-state index >= 15 is 0 Å². The number of rotatable bonds is 6. The summed E-state index contributed by atoms with van der Waals surface area (Å²) in [7, 11) is 0. The maximum absolute atomic E-state index is 12.8. The zero-order chi connectivity index (χ0) is 17.9. The van der Waals surface area contributed by atoms with Crippen molar-refractivity contribution in [3.63, 3.8) is 0 Å². The lowest BCUT2D eigenvalue weighted by molar-refractivity contribution is -0.131. The summed E-state index contributed by atoms with van der Waals surface area (Å²) in [5.74, 6) is 1.39. The second-order valence-electron chi connectivity index (χ2n) is 6.17. The topological polar surface area (TPSA) is 61.9 Å². The van der Waals surface area contributed by atoms with E-state index in [-0.39, 0.29) is 11.9 Å². The molecule has 3 aromatic rings. The molecular weight excluding hydrogens is 384 g/mol. The number of aromatic nitrogens is 3. The first kappa shape index (κ1) is 17.8. The molecule has 1 atom stereocenters. The number of amides is 1. The summed E-state index contributed by atoms with van der Waals surface area (Å²) in [5.41, 5.74) is 1.33. The van der Waals surface area contributed by atoms with E-state index in [0.717, 1.165) is 31.6 Å². The van der Waals surface area contributed by atoms with Crippen molar-refractivity contribution in [2.45, 2.75) is 37.4 Å². The zero-order valence-electron chi connectivity index (χ0n) is 14.5. The number of nitrogens with zero attached hydrogens (tertiary/aromatic N) is 3. The van der Waals surface area contributed by atoms with E-state index < -0.39 is 0 Å². The van der Waals surface area contributed by atoms with Gasteiger partial charge in [-0.15, -0.1) is 27.8 Å². The van der Waals surface area contributed by atoms with Gasteiger partial charge in [-0.1, -0.05) is 24.8 Å². The monoisotopic (exact) mass is 404 g/mol. The summed E-state index contributed by atoms with van der Waals surface area (Å²) >= 11 is 4.93. The molecule has 0 fully saturated rings. The molecule has 1 unspecified atom stereocenters. The SMILES string of the molecule is CCC1c2ccsc2CCN1C(=O)CSc1n[nH]c(Cc2cccs2)n1. The van der Waals surface area contributed by atoms with Gasteiger partial charge < -0.3 is 4.90 Å². The summed E-state index contributed by atoms with van der Waals surface area (Å²) in [6.45, 7) is 2.96. The first-order chi connectivity index (χ1) is 12.7. The average molecular weight is 405 g/mol. The average Bonchev–Trinajstić information content (AvgIpc) is 3.40. The molecule has 0 saturated heterocycles. The lowest BCUT2D eigenvalue weighted by atomic mass is 9.98. The summed E-state index contributed by atoms with van der Waals surface area (Å²) in [4.78, 5) is 22.0. The second-order valence-corrected chi connectivity index (χ2v) is 9.15. The van der Waals surface area contributed by atoms with Gasteiger partial charge >= 0.3 is 0 Å². The number of thiophene rings is 2. The minimum atomic E-state index is 0.170. The van der Waals surface area contributed by atoms with Crippen LogP contribution in [0, 0.1) is 0 Å². The lowest BCUT2D eigenvalue weighted by Gasteiger charge is -2.35. The number of nitrogens with one attached hydrogen (secondary N) is 1. The molecule has 0 radical (unpaired) electrons. The Kier molecular flexibility index (Phi) is 5.42. The number of hydrogen-bond donors (Lipinski definition) is 1. The van der Waals surface area contributed by atoms with Gasteiger partial charge in [-0.05, 0) is 41.3 Å². The fourth-order valence-corrected chi connectivity index (χ4v) is 5.68. The Labute approximate surface area is 164 Å². The van der Waals surface area contributed by atoms with Crippen molar-refractivity contribution in [1.82, 2.24) is 20.1 Å². The minimum Gasteiger partial charge on any atom is -0.335 e. The molecule has 0 aliphatic carbocycles. The standard InChI is InChI=1S/C18H20N4OS3/c1-2-14-13-6-9-25-15(13)5-7-22(14)17(23)11-26-18-19-16(20-21-18)10-12-4-3-8-24-12/h3-4,6,8-9,14H,2,5,7,10-11H2,1H3,(H,19,20,21). The number of hydrogen-bond acceptors (Lipinski definition) is 6. The fourth-order valence-electron chi connectivity index (χ4n) is 3.34. The Hall–Kier alpha value is -1.64. The predicted octanol–water partition coefficient (Wildman–Crippen LogP) is 4.15. The van der Waals surface area contributed by atoms with Crippen molar-refractivity contribution in [2.24, 2.45) is 0 Å². The number of aromatic amines is 1. The van der Waals surface area contributed by atoms with Crippen LogP contribution < -0.4 is 0 Å². The van der Waals surface area contributed by atoms with Crippen LogP contribution in [0.2, 0.25) is 0 Å². The first-order valence-electron chi connectivity index (χ1n) is 8.66. The largest absolute Gasteiger partial charge is 0.335 e. The Morgan fingerprint density at radius 1 is 1.38 bits per heavy atom. The molecule has 136 valence electrons. The van der Waals surface area contributed by atoms with Gasteiger partial charge in [0, 0.05) is 22.7 Å². The van der Waals surface area contributed by atoms with Crippen molar-refractivity contribution < 1.29 is 4.79 Å². The molecular formula is C18H20N4OS3. The van der Waals surface area contributed by atoms with Crippen LogP contribution in [-0.4, -0.2) is 38.3 Å². The van der Waals surface area contributed by atoms with E-state index in [1.165, 1.54) is 27.1 Å². The molecule has 26 heavy (non-hydrogen) atoms. The molecule has 0 spiro atoms. The minimum absolute atomic E-state index is 0.170. The van der Waals surface area contributed by atoms with Crippen LogP contribution in [0.4, 0.5) is 0 Å². The molecule has 5 nitrogen and oxygen atoms in total. The van der Waals surface area contributed by atoms with Crippen LogP contribution in [0.25, 0.3) is 0 Å². The van der Waals surface area contributed by atoms with Gasteiger partial charge in [0.15, 0.2) is 0 Å². The Bertz CT molecular complexity index is 871. The van der Waals surface area contributed by atoms with Crippen molar-refractivity contribution >= 4 is 40.3 Å². The van der Waals surface area contributed by atoms with Gasteiger partial charge in [-0.25, -0.2) is 4.98 Å². The number of H-pyrrole nitrogens is 1. The molecule has 4 heterocycles. The molecule has 4 rings (SSSR count). The molecule has 0 bridgehead atoms. The Morgan fingerprint density at radius 3 is 3.12 bits per heavy atom. The summed E-state index contributed by atoms with van der Waals surface area (Å²) in [5, 5.41) is 12.1. The van der Waals surface area contributed by atoms with Crippen molar-refractivity contribution in [3.05, 3.63) is 50.1 Å². The molecule has 0 saturated carbocycles. The molecule has 1 aliphatic heterocycles.